The molecule has 0 aromatic heterocycles. The van der Waals surface area contributed by atoms with Crippen LogP contribution < -0.4 is 0 Å². The number of halogens is 2. The highest BCUT2D eigenvalue weighted by Crippen LogP contribution is 2.26. The van der Waals surface area contributed by atoms with Crippen molar-refractivity contribution in [1.82, 2.24) is 4.90 Å². The minimum atomic E-state index is -0.769. The van der Waals surface area contributed by atoms with Gasteiger partial charge >= 0.3 is 5.97 Å². The highest BCUT2D eigenvalue weighted by atomic mass is 79.9. The van der Waals surface area contributed by atoms with Crippen LogP contribution in [-0.4, -0.2) is 35.0 Å². The molecule has 1 aromatic carbocycles. The van der Waals surface area contributed by atoms with Gasteiger partial charge in [0.2, 0.25) is 0 Å². The number of carbonyl (C=O) groups excluding carboxylic acids is 1. The molecule has 1 amide bonds. The summed E-state index contributed by atoms with van der Waals surface area (Å²) in [7, 11) is 0. The van der Waals surface area contributed by atoms with Crippen molar-refractivity contribution < 1.29 is 14.7 Å². The van der Waals surface area contributed by atoms with Gasteiger partial charge in [-0.05, 0) is 59.3 Å². The molecular formula is C15H17Br2NO3. The third kappa shape index (κ3) is 4.54. The van der Waals surface area contributed by atoms with Gasteiger partial charge in [0, 0.05) is 28.5 Å². The van der Waals surface area contributed by atoms with Crippen LogP contribution in [0, 0.1) is 5.92 Å². The Morgan fingerprint density at radius 3 is 2.76 bits per heavy atom. The van der Waals surface area contributed by atoms with Gasteiger partial charge in [-0.3, -0.25) is 9.59 Å². The fourth-order valence-corrected chi connectivity index (χ4v) is 3.86. The number of carbonyl (C=O) groups is 2. The van der Waals surface area contributed by atoms with Crippen molar-refractivity contribution in [3.05, 3.63) is 32.7 Å². The van der Waals surface area contributed by atoms with Gasteiger partial charge in [0.15, 0.2) is 0 Å². The smallest absolute Gasteiger partial charge is 0.303 e. The lowest BCUT2D eigenvalue weighted by atomic mass is 9.93. The lowest BCUT2D eigenvalue weighted by Crippen LogP contribution is -2.40. The first kappa shape index (κ1) is 16.5. The topological polar surface area (TPSA) is 57.6 Å². The van der Waals surface area contributed by atoms with E-state index >= 15 is 0 Å². The largest absolute Gasteiger partial charge is 0.481 e. The standard InChI is InChI=1S/C15H17Br2NO3/c16-11-4-5-12(13(17)8-11)15(21)18-7-1-2-10(9-18)3-6-14(19)20/h4-5,8,10H,1-3,6-7,9H2,(H,19,20). The molecule has 1 aliphatic rings. The number of hydrogen-bond acceptors (Lipinski definition) is 2. The van der Waals surface area contributed by atoms with E-state index in [2.05, 4.69) is 31.9 Å². The summed E-state index contributed by atoms with van der Waals surface area (Å²) < 4.78 is 1.69. The van der Waals surface area contributed by atoms with E-state index in [1.165, 1.54) is 0 Å². The number of amides is 1. The van der Waals surface area contributed by atoms with Crippen molar-refractivity contribution in [2.24, 2.45) is 5.92 Å². The SMILES string of the molecule is O=C(O)CCC1CCCN(C(=O)c2ccc(Br)cc2Br)C1. The Morgan fingerprint density at radius 2 is 2.10 bits per heavy atom. The second kappa shape index (κ2) is 7.40. The number of carboxylic acid groups (broad SMARTS) is 1. The van der Waals surface area contributed by atoms with Crippen LogP contribution in [0.15, 0.2) is 27.1 Å². The van der Waals surface area contributed by atoms with Crippen LogP contribution in [-0.2, 0) is 4.79 Å². The van der Waals surface area contributed by atoms with E-state index in [-0.39, 0.29) is 18.2 Å². The monoisotopic (exact) mass is 417 g/mol. The molecule has 1 heterocycles. The number of rotatable bonds is 4. The Kier molecular flexibility index (Phi) is 5.81. The number of benzene rings is 1. The van der Waals surface area contributed by atoms with Crippen LogP contribution in [0.3, 0.4) is 0 Å². The van der Waals surface area contributed by atoms with Gasteiger partial charge in [-0.25, -0.2) is 0 Å². The summed E-state index contributed by atoms with van der Waals surface area (Å²) in [6.45, 7) is 1.39. The predicted octanol–water partition coefficient (Wildman–Crippen LogP) is 3.93. The fraction of sp³-hybridized carbons (Fsp3) is 0.467. The molecule has 0 aliphatic carbocycles. The quantitative estimate of drug-likeness (QED) is 0.805. The number of nitrogens with zero attached hydrogens (tertiary/aromatic N) is 1. The molecule has 1 N–H and O–H groups in total. The Morgan fingerprint density at radius 1 is 1.33 bits per heavy atom. The van der Waals surface area contributed by atoms with Crippen LogP contribution in [0.5, 0.6) is 0 Å². The van der Waals surface area contributed by atoms with Crippen LogP contribution in [0.1, 0.15) is 36.0 Å². The highest BCUT2D eigenvalue weighted by molar-refractivity contribution is 9.11. The number of aliphatic carboxylic acids is 1. The molecule has 1 aliphatic heterocycles. The number of carboxylic acids is 1. The van der Waals surface area contributed by atoms with Crippen molar-refractivity contribution in [3.8, 4) is 0 Å². The molecule has 114 valence electrons. The predicted molar refractivity (Wildman–Crippen MR) is 87.3 cm³/mol. The van der Waals surface area contributed by atoms with Gasteiger partial charge in [-0.1, -0.05) is 15.9 Å². The molecule has 4 nitrogen and oxygen atoms in total. The second-order valence-corrected chi connectivity index (χ2v) is 7.09. The molecule has 1 unspecified atom stereocenters. The first-order chi connectivity index (χ1) is 9.97. The summed E-state index contributed by atoms with van der Waals surface area (Å²) >= 11 is 6.80. The van der Waals surface area contributed by atoms with Gasteiger partial charge < -0.3 is 10.0 Å². The van der Waals surface area contributed by atoms with Crippen LogP contribution in [0.2, 0.25) is 0 Å². The lowest BCUT2D eigenvalue weighted by Gasteiger charge is -2.33. The number of piperidine rings is 1. The van der Waals surface area contributed by atoms with E-state index in [1.54, 1.807) is 6.07 Å². The van der Waals surface area contributed by atoms with Gasteiger partial charge in [0.05, 0.1) is 5.56 Å². The maximum Gasteiger partial charge on any atom is 0.303 e. The lowest BCUT2D eigenvalue weighted by molar-refractivity contribution is -0.137. The summed E-state index contributed by atoms with van der Waals surface area (Å²) in [5, 5.41) is 8.77. The third-order valence-electron chi connectivity index (χ3n) is 3.73. The van der Waals surface area contributed by atoms with Gasteiger partial charge in [0.1, 0.15) is 0 Å². The summed E-state index contributed by atoms with van der Waals surface area (Å²) in [6, 6.07) is 5.51. The maximum absolute atomic E-state index is 12.6. The highest BCUT2D eigenvalue weighted by Gasteiger charge is 2.25. The van der Waals surface area contributed by atoms with E-state index in [4.69, 9.17) is 5.11 Å². The second-order valence-electron chi connectivity index (χ2n) is 5.32. The molecule has 0 radical (unpaired) electrons. The molecule has 0 bridgehead atoms. The van der Waals surface area contributed by atoms with Crippen molar-refractivity contribution in [1.29, 1.82) is 0 Å². The van der Waals surface area contributed by atoms with Crippen LogP contribution >= 0.6 is 31.9 Å². The van der Waals surface area contributed by atoms with E-state index in [9.17, 15) is 9.59 Å². The van der Waals surface area contributed by atoms with Crippen LogP contribution in [0.25, 0.3) is 0 Å². The third-order valence-corrected chi connectivity index (χ3v) is 4.88. The molecule has 2 rings (SSSR count). The Hall–Kier alpha value is -0.880. The molecule has 1 aromatic rings. The summed E-state index contributed by atoms with van der Waals surface area (Å²) in [5.74, 6) is -0.475. The molecule has 0 saturated carbocycles. The molecular weight excluding hydrogens is 402 g/mol. The normalized spacial score (nSPS) is 18.6. The number of likely N-dealkylation sites (tertiary alicyclic amines) is 1. The van der Waals surface area contributed by atoms with Crippen molar-refractivity contribution in [2.75, 3.05) is 13.1 Å². The van der Waals surface area contributed by atoms with Gasteiger partial charge in [-0.15, -0.1) is 0 Å². The molecule has 1 saturated heterocycles. The Balaban J connectivity index is 2.03. The Labute approximate surface area is 140 Å². The first-order valence-electron chi connectivity index (χ1n) is 6.93. The summed E-state index contributed by atoms with van der Waals surface area (Å²) in [6.07, 6.45) is 2.75. The average molecular weight is 419 g/mol. The van der Waals surface area contributed by atoms with Crippen molar-refractivity contribution >= 4 is 43.7 Å². The number of hydrogen-bond donors (Lipinski definition) is 1. The molecule has 1 fully saturated rings. The van der Waals surface area contributed by atoms with E-state index in [0.717, 1.165) is 28.3 Å². The average Bonchev–Trinajstić information content (AvgIpc) is 2.45. The van der Waals surface area contributed by atoms with Crippen molar-refractivity contribution in [3.63, 3.8) is 0 Å². The maximum atomic E-state index is 12.6. The van der Waals surface area contributed by atoms with Crippen LogP contribution in [0.4, 0.5) is 0 Å². The van der Waals surface area contributed by atoms with Gasteiger partial charge in [-0.2, -0.15) is 0 Å². The zero-order valence-electron chi connectivity index (χ0n) is 11.5. The molecule has 0 spiro atoms. The zero-order valence-corrected chi connectivity index (χ0v) is 14.7. The van der Waals surface area contributed by atoms with E-state index in [0.29, 0.717) is 18.5 Å². The molecule has 1 atom stereocenters. The fourth-order valence-electron chi connectivity index (χ4n) is 2.65. The first-order valence-corrected chi connectivity index (χ1v) is 8.52. The minimum absolute atomic E-state index is 0.00870. The molecule has 6 heteroatoms. The summed E-state index contributed by atoms with van der Waals surface area (Å²) in [4.78, 5) is 25.1. The van der Waals surface area contributed by atoms with E-state index in [1.807, 2.05) is 17.0 Å². The summed E-state index contributed by atoms with van der Waals surface area (Å²) in [5.41, 5.74) is 0.650. The van der Waals surface area contributed by atoms with E-state index < -0.39 is 5.97 Å². The zero-order chi connectivity index (χ0) is 15.4. The van der Waals surface area contributed by atoms with Gasteiger partial charge in [0.25, 0.3) is 5.91 Å². The Bertz CT molecular complexity index is 548. The molecule has 21 heavy (non-hydrogen) atoms. The minimum Gasteiger partial charge on any atom is -0.481 e. The van der Waals surface area contributed by atoms with Crippen molar-refractivity contribution in [2.45, 2.75) is 25.7 Å².